The fourth-order valence-electron chi connectivity index (χ4n) is 1.54. The zero-order chi connectivity index (χ0) is 14.5. The number of carbonyl (C=O) groups is 1. The summed E-state index contributed by atoms with van der Waals surface area (Å²) in [5, 5.41) is 16.7. The number of amides is 1. The number of nitrogens with one attached hydrogen (secondary N) is 1. The van der Waals surface area contributed by atoms with E-state index in [1.807, 2.05) is 6.92 Å². The van der Waals surface area contributed by atoms with Gasteiger partial charge in [-0.1, -0.05) is 0 Å². The van der Waals surface area contributed by atoms with E-state index in [1.165, 1.54) is 0 Å². The van der Waals surface area contributed by atoms with Gasteiger partial charge in [-0.15, -0.1) is 0 Å². The summed E-state index contributed by atoms with van der Waals surface area (Å²) >= 11 is 0. The first-order valence-electron chi connectivity index (χ1n) is 6.22. The number of nitrogen functional groups attached to an aromatic ring is 1. The number of carbonyl (C=O) groups excluding carboxylic acids is 1. The molecule has 1 unspecified atom stereocenters. The van der Waals surface area contributed by atoms with Crippen molar-refractivity contribution >= 4 is 11.6 Å². The molecule has 7 heteroatoms. The number of anilines is 1. The van der Waals surface area contributed by atoms with Crippen molar-refractivity contribution in [1.29, 1.82) is 0 Å². The average molecular weight is 270 g/mol. The highest BCUT2D eigenvalue weighted by Crippen LogP contribution is 2.11. The molecule has 108 valence electrons. The second kappa shape index (κ2) is 6.53. The fourth-order valence-corrected chi connectivity index (χ4v) is 1.54. The Kier molecular flexibility index (Phi) is 5.31. The Labute approximate surface area is 112 Å². The molecule has 19 heavy (non-hydrogen) atoms. The third-order valence-electron chi connectivity index (χ3n) is 2.80. The molecule has 1 aromatic rings. The van der Waals surface area contributed by atoms with E-state index in [9.17, 15) is 9.90 Å². The van der Waals surface area contributed by atoms with Gasteiger partial charge in [-0.05, 0) is 13.8 Å². The monoisotopic (exact) mass is 270 g/mol. The van der Waals surface area contributed by atoms with Crippen LogP contribution in [0.5, 0.6) is 0 Å². The van der Waals surface area contributed by atoms with Crippen LogP contribution in [0.4, 0.5) is 5.69 Å². The first-order chi connectivity index (χ1) is 8.89. The predicted molar refractivity (Wildman–Crippen MR) is 71.8 cm³/mol. The van der Waals surface area contributed by atoms with Gasteiger partial charge in [0.05, 0.1) is 11.3 Å². The number of aliphatic hydroxyl groups is 1. The topological polar surface area (TPSA) is 102 Å². The molecule has 0 saturated carbocycles. The number of hydrogen-bond acceptors (Lipinski definition) is 5. The van der Waals surface area contributed by atoms with E-state index in [0.29, 0.717) is 25.3 Å². The second-order valence-electron chi connectivity index (χ2n) is 4.71. The molecule has 0 radical (unpaired) electrons. The third kappa shape index (κ3) is 4.53. The molecule has 1 heterocycles. The predicted octanol–water partition coefficient (Wildman–Crippen LogP) is 0.00250. The molecule has 0 spiro atoms. The Hall–Kier alpha value is -1.60. The number of nitrogens with two attached hydrogens (primary N) is 1. The van der Waals surface area contributed by atoms with Crippen molar-refractivity contribution in [3.63, 3.8) is 0 Å². The van der Waals surface area contributed by atoms with Gasteiger partial charge in [-0.2, -0.15) is 5.10 Å². The molecule has 0 aliphatic carbocycles. The molecule has 7 nitrogen and oxygen atoms in total. The maximum atomic E-state index is 11.9. The highest BCUT2D eigenvalue weighted by molar-refractivity contribution is 5.97. The van der Waals surface area contributed by atoms with Crippen LogP contribution in [0.1, 0.15) is 30.8 Å². The lowest BCUT2D eigenvalue weighted by atomic mass is 10.0. The molecule has 1 aromatic heterocycles. The lowest BCUT2D eigenvalue weighted by molar-refractivity contribution is 0.0243. The zero-order valence-electron chi connectivity index (χ0n) is 11.6. The molecular formula is C12H22N4O3. The van der Waals surface area contributed by atoms with E-state index in [0.717, 1.165) is 0 Å². The van der Waals surface area contributed by atoms with E-state index in [4.69, 9.17) is 10.5 Å². The van der Waals surface area contributed by atoms with Crippen LogP contribution in [0.2, 0.25) is 0 Å². The van der Waals surface area contributed by atoms with Gasteiger partial charge in [0.2, 0.25) is 0 Å². The molecule has 0 aromatic carbocycles. The number of aryl methyl sites for hydroxylation is 1. The van der Waals surface area contributed by atoms with Crippen molar-refractivity contribution in [2.75, 3.05) is 26.0 Å². The van der Waals surface area contributed by atoms with Crippen LogP contribution < -0.4 is 11.1 Å². The van der Waals surface area contributed by atoms with Crippen LogP contribution in [0.25, 0.3) is 0 Å². The molecule has 0 fully saturated rings. The normalized spacial score (nSPS) is 14.1. The van der Waals surface area contributed by atoms with Crippen LogP contribution in [0.3, 0.4) is 0 Å². The highest BCUT2D eigenvalue weighted by atomic mass is 16.5. The fraction of sp³-hybridized carbons (Fsp3) is 0.667. The zero-order valence-corrected chi connectivity index (χ0v) is 11.6. The average Bonchev–Trinajstić information content (AvgIpc) is 2.75. The van der Waals surface area contributed by atoms with E-state index in [2.05, 4.69) is 10.4 Å². The smallest absolute Gasteiger partial charge is 0.274 e. The largest absolute Gasteiger partial charge is 0.396 e. The third-order valence-corrected chi connectivity index (χ3v) is 2.80. The minimum absolute atomic E-state index is 0.119. The van der Waals surface area contributed by atoms with Gasteiger partial charge >= 0.3 is 0 Å². The van der Waals surface area contributed by atoms with E-state index in [1.54, 1.807) is 24.9 Å². The van der Waals surface area contributed by atoms with Crippen molar-refractivity contribution in [3.8, 4) is 0 Å². The number of aromatic nitrogens is 2. The van der Waals surface area contributed by atoms with Gasteiger partial charge in [0.25, 0.3) is 5.91 Å². The van der Waals surface area contributed by atoms with Crippen LogP contribution in [0.15, 0.2) is 6.20 Å². The number of hydrogen-bond donors (Lipinski definition) is 3. The number of methoxy groups -OCH3 is 1. The molecule has 0 saturated heterocycles. The summed E-state index contributed by atoms with van der Waals surface area (Å²) in [6, 6.07) is 0. The summed E-state index contributed by atoms with van der Waals surface area (Å²) in [6.07, 6.45) is 2.04. The number of ether oxygens (including phenoxy) is 1. The summed E-state index contributed by atoms with van der Waals surface area (Å²) < 4.78 is 6.49. The van der Waals surface area contributed by atoms with Crippen LogP contribution in [-0.2, 0) is 11.3 Å². The van der Waals surface area contributed by atoms with Gasteiger partial charge in [0.15, 0.2) is 5.69 Å². The summed E-state index contributed by atoms with van der Waals surface area (Å²) in [7, 11) is 1.56. The van der Waals surface area contributed by atoms with Crippen molar-refractivity contribution in [2.45, 2.75) is 32.4 Å². The lowest BCUT2D eigenvalue weighted by Gasteiger charge is -2.22. The minimum Gasteiger partial charge on any atom is -0.396 e. The molecule has 1 rings (SSSR count). The molecule has 0 bridgehead atoms. The second-order valence-corrected chi connectivity index (χ2v) is 4.71. The maximum absolute atomic E-state index is 11.9. The maximum Gasteiger partial charge on any atom is 0.274 e. The summed E-state index contributed by atoms with van der Waals surface area (Å²) in [5.41, 5.74) is 5.20. The summed E-state index contributed by atoms with van der Waals surface area (Å²) in [5.74, 6) is -0.387. The SMILES string of the molecule is CCn1cc(N)c(C(=O)NCC(C)(O)CCOC)n1. The van der Waals surface area contributed by atoms with E-state index < -0.39 is 5.60 Å². The quantitative estimate of drug-likeness (QED) is 0.647. The standard InChI is InChI=1S/C12H22N4O3/c1-4-16-7-9(13)10(15-16)11(17)14-8-12(2,18)5-6-19-3/h7,18H,4-6,8,13H2,1-3H3,(H,14,17). The van der Waals surface area contributed by atoms with E-state index in [-0.39, 0.29) is 18.1 Å². The molecule has 0 aliphatic heterocycles. The Balaban J connectivity index is 2.57. The van der Waals surface area contributed by atoms with Crippen LogP contribution in [-0.4, -0.2) is 46.7 Å². The molecule has 4 N–H and O–H groups in total. The van der Waals surface area contributed by atoms with Crippen molar-refractivity contribution in [3.05, 3.63) is 11.9 Å². The molecule has 0 aliphatic rings. The van der Waals surface area contributed by atoms with Crippen molar-refractivity contribution in [1.82, 2.24) is 15.1 Å². The van der Waals surface area contributed by atoms with Gasteiger partial charge in [-0.25, -0.2) is 0 Å². The van der Waals surface area contributed by atoms with Gasteiger partial charge < -0.3 is 20.9 Å². The highest BCUT2D eigenvalue weighted by Gasteiger charge is 2.22. The minimum atomic E-state index is -1.02. The van der Waals surface area contributed by atoms with Gasteiger partial charge in [0.1, 0.15) is 0 Å². The Morgan fingerprint density at radius 1 is 1.68 bits per heavy atom. The first kappa shape index (κ1) is 15.5. The van der Waals surface area contributed by atoms with Gasteiger partial charge in [-0.3, -0.25) is 9.48 Å². The Morgan fingerprint density at radius 3 is 2.89 bits per heavy atom. The first-order valence-corrected chi connectivity index (χ1v) is 6.22. The Morgan fingerprint density at radius 2 is 2.37 bits per heavy atom. The number of rotatable bonds is 7. The lowest BCUT2D eigenvalue weighted by Crippen LogP contribution is -2.41. The van der Waals surface area contributed by atoms with E-state index >= 15 is 0 Å². The van der Waals surface area contributed by atoms with Gasteiger partial charge in [0, 0.05) is 39.4 Å². The van der Waals surface area contributed by atoms with Crippen molar-refractivity contribution < 1.29 is 14.6 Å². The molecular weight excluding hydrogens is 248 g/mol. The van der Waals surface area contributed by atoms with Crippen LogP contribution >= 0.6 is 0 Å². The molecule has 1 amide bonds. The Bertz CT molecular complexity index is 429. The summed E-state index contributed by atoms with van der Waals surface area (Å²) in [6.45, 7) is 4.73. The van der Waals surface area contributed by atoms with Crippen molar-refractivity contribution in [2.24, 2.45) is 0 Å². The number of nitrogens with zero attached hydrogens (tertiary/aromatic N) is 2. The summed E-state index contributed by atoms with van der Waals surface area (Å²) in [4.78, 5) is 11.9. The van der Waals surface area contributed by atoms with Crippen LogP contribution in [0, 0.1) is 0 Å². The molecule has 1 atom stereocenters.